The predicted molar refractivity (Wildman–Crippen MR) is 125 cm³/mol. The van der Waals surface area contributed by atoms with Gasteiger partial charge in [-0.2, -0.15) is 9.61 Å². The lowest BCUT2D eigenvalue weighted by atomic mass is 9.94. The van der Waals surface area contributed by atoms with E-state index >= 15 is 0 Å². The first-order valence-corrected chi connectivity index (χ1v) is 11.1. The predicted octanol–water partition coefficient (Wildman–Crippen LogP) is 4.06. The van der Waals surface area contributed by atoms with Crippen molar-refractivity contribution >= 4 is 22.4 Å². The smallest absolute Gasteiger partial charge is 0.197 e. The third-order valence-corrected chi connectivity index (χ3v) is 6.32. The molecular weight excluding hydrogens is 418 g/mol. The number of piperidine rings is 1. The van der Waals surface area contributed by atoms with Crippen LogP contribution in [0, 0.1) is 0 Å². The van der Waals surface area contributed by atoms with Gasteiger partial charge in [0.1, 0.15) is 17.1 Å². The summed E-state index contributed by atoms with van der Waals surface area (Å²) in [7, 11) is 0. The van der Waals surface area contributed by atoms with Crippen molar-refractivity contribution in [2.75, 3.05) is 18.8 Å². The van der Waals surface area contributed by atoms with Gasteiger partial charge < -0.3 is 14.6 Å². The molecule has 4 aromatic heterocycles. The summed E-state index contributed by atoms with van der Waals surface area (Å²) < 4.78 is 12.8. The van der Waals surface area contributed by atoms with Crippen LogP contribution in [0.5, 0.6) is 0 Å². The maximum Gasteiger partial charge on any atom is 0.197 e. The topological polar surface area (TPSA) is 103 Å². The highest BCUT2D eigenvalue weighted by Crippen LogP contribution is 2.29. The molecule has 1 fully saturated rings. The first-order chi connectivity index (χ1) is 16.2. The first kappa shape index (κ1) is 19.8. The van der Waals surface area contributed by atoms with E-state index in [0.29, 0.717) is 46.0 Å². The molecule has 2 N–H and O–H groups in total. The van der Waals surface area contributed by atoms with E-state index < -0.39 is 0 Å². The average molecular weight is 441 g/mol. The lowest BCUT2D eigenvalue weighted by Crippen LogP contribution is -2.35. The molecule has 1 aliphatic rings. The van der Waals surface area contributed by atoms with Crippen LogP contribution in [0.4, 0.5) is 5.82 Å². The average Bonchev–Trinajstić information content (AvgIpc) is 3.51. The molecule has 0 bridgehead atoms. The fourth-order valence-electron chi connectivity index (χ4n) is 4.68. The molecule has 0 amide bonds. The maximum absolute atomic E-state index is 12.9. The second kappa shape index (κ2) is 7.90. The van der Waals surface area contributed by atoms with Gasteiger partial charge in [0.15, 0.2) is 16.8 Å². The monoisotopic (exact) mass is 441 g/mol. The maximum atomic E-state index is 12.9. The minimum absolute atomic E-state index is 0.0347. The van der Waals surface area contributed by atoms with E-state index in [2.05, 4.69) is 10.00 Å². The lowest BCUT2D eigenvalue weighted by Gasteiger charge is -2.32. The van der Waals surface area contributed by atoms with Crippen molar-refractivity contribution in [3.8, 4) is 11.5 Å². The summed E-state index contributed by atoms with van der Waals surface area (Å²) in [6, 6.07) is 14.8. The number of anilines is 1. The number of fused-ring (bicyclic) bond motifs is 2. The lowest BCUT2D eigenvalue weighted by molar-refractivity contribution is 0.197. The zero-order valence-electron chi connectivity index (χ0n) is 18.0. The van der Waals surface area contributed by atoms with Crippen molar-refractivity contribution in [1.29, 1.82) is 0 Å². The standard InChI is InChI=1S/C25H23N5O3/c26-23-11-19(27-24-12-20(28-30(23)24)22-8-4-10-32-22)16-5-3-9-29(13-16)14-17-15-33-21-7-2-1-6-18(21)25(17)31/h1-2,4,6-8,10-12,15-16H,3,5,9,13-14,26H2/t16-/m1/s1. The zero-order valence-corrected chi connectivity index (χ0v) is 18.0. The van der Waals surface area contributed by atoms with E-state index in [-0.39, 0.29) is 11.3 Å². The number of furan rings is 1. The van der Waals surface area contributed by atoms with Crippen LogP contribution in [-0.2, 0) is 6.54 Å². The van der Waals surface area contributed by atoms with Crippen molar-refractivity contribution in [2.24, 2.45) is 0 Å². The van der Waals surface area contributed by atoms with Gasteiger partial charge in [-0.3, -0.25) is 9.69 Å². The summed E-state index contributed by atoms with van der Waals surface area (Å²) in [5.41, 5.74) is 9.99. The van der Waals surface area contributed by atoms with Crippen LogP contribution in [0.1, 0.15) is 30.0 Å². The van der Waals surface area contributed by atoms with Crippen LogP contribution < -0.4 is 11.2 Å². The number of benzene rings is 1. The van der Waals surface area contributed by atoms with E-state index in [0.717, 1.165) is 31.6 Å². The highest BCUT2D eigenvalue weighted by molar-refractivity contribution is 5.76. The second-order valence-corrected chi connectivity index (χ2v) is 8.54. The molecule has 0 unspecified atom stereocenters. The number of hydrogen-bond acceptors (Lipinski definition) is 7. The molecule has 5 heterocycles. The number of hydrogen-bond donors (Lipinski definition) is 1. The molecule has 8 nitrogen and oxygen atoms in total. The summed E-state index contributed by atoms with van der Waals surface area (Å²) in [4.78, 5) is 20.1. The van der Waals surface area contributed by atoms with Crippen LogP contribution in [0.3, 0.4) is 0 Å². The number of nitrogen functional groups attached to an aromatic ring is 1. The fraction of sp³-hybridized carbons (Fsp3) is 0.240. The third-order valence-electron chi connectivity index (χ3n) is 6.32. The highest BCUT2D eigenvalue weighted by atomic mass is 16.3. The van der Waals surface area contributed by atoms with E-state index in [1.807, 2.05) is 48.5 Å². The summed E-state index contributed by atoms with van der Waals surface area (Å²) in [5, 5.41) is 5.15. The van der Waals surface area contributed by atoms with Gasteiger partial charge in [0, 0.05) is 36.7 Å². The van der Waals surface area contributed by atoms with Crippen molar-refractivity contribution in [3.05, 3.63) is 82.5 Å². The summed E-state index contributed by atoms with van der Waals surface area (Å²) in [5.74, 6) is 1.44. The molecule has 6 rings (SSSR count). The van der Waals surface area contributed by atoms with Gasteiger partial charge in [0.05, 0.1) is 23.6 Å². The Hall–Kier alpha value is -3.91. The van der Waals surface area contributed by atoms with Crippen LogP contribution in [0.15, 0.2) is 74.7 Å². The Bertz CT molecular complexity index is 1500. The van der Waals surface area contributed by atoms with Crippen LogP contribution in [-0.4, -0.2) is 32.6 Å². The molecule has 1 aromatic carbocycles. The third kappa shape index (κ3) is 3.58. The normalized spacial score (nSPS) is 17.2. The molecule has 0 saturated carbocycles. The molecule has 1 saturated heterocycles. The Labute approximate surface area is 189 Å². The molecular formula is C25H23N5O3. The molecule has 33 heavy (non-hydrogen) atoms. The minimum atomic E-state index is 0.0347. The summed E-state index contributed by atoms with van der Waals surface area (Å²) in [6.07, 6.45) is 5.26. The molecule has 0 aliphatic carbocycles. The first-order valence-electron chi connectivity index (χ1n) is 11.1. The Kier molecular flexibility index (Phi) is 4.73. The van der Waals surface area contributed by atoms with Gasteiger partial charge in [-0.1, -0.05) is 12.1 Å². The highest BCUT2D eigenvalue weighted by Gasteiger charge is 2.25. The number of nitrogens with two attached hydrogens (primary N) is 1. The quantitative estimate of drug-likeness (QED) is 0.449. The molecule has 1 atom stereocenters. The molecule has 166 valence electrons. The van der Waals surface area contributed by atoms with Gasteiger partial charge in [-0.25, -0.2) is 4.98 Å². The van der Waals surface area contributed by atoms with Gasteiger partial charge in [0.25, 0.3) is 0 Å². The number of para-hydroxylation sites is 1. The second-order valence-electron chi connectivity index (χ2n) is 8.54. The number of aromatic nitrogens is 3. The van der Waals surface area contributed by atoms with Gasteiger partial charge in [-0.05, 0) is 43.7 Å². The van der Waals surface area contributed by atoms with Gasteiger partial charge in [0.2, 0.25) is 0 Å². The number of nitrogens with zero attached hydrogens (tertiary/aromatic N) is 4. The molecule has 0 radical (unpaired) electrons. The number of likely N-dealkylation sites (tertiary alicyclic amines) is 1. The van der Waals surface area contributed by atoms with Crippen molar-refractivity contribution in [3.63, 3.8) is 0 Å². The Morgan fingerprint density at radius 2 is 2.03 bits per heavy atom. The zero-order chi connectivity index (χ0) is 22.4. The fourth-order valence-corrected chi connectivity index (χ4v) is 4.68. The Balaban J connectivity index is 1.26. The van der Waals surface area contributed by atoms with Crippen molar-refractivity contribution in [2.45, 2.75) is 25.3 Å². The van der Waals surface area contributed by atoms with E-state index in [4.69, 9.17) is 19.6 Å². The van der Waals surface area contributed by atoms with E-state index in [9.17, 15) is 4.79 Å². The Morgan fingerprint density at radius 1 is 1.12 bits per heavy atom. The SMILES string of the molecule is Nc1cc([C@@H]2CCCN(Cc3coc4ccccc4c3=O)C2)nc2cc(-c3ccco3)nn12. The summed E-state index contributed by atoms with van der Waals surface area (Å²) >= 11 is 0. The Morgan fingerprint density at radius 3 is 2.91 bits per heavy atom. The molecule has 8 heteroatoms. The van der Waals surface area contributed by atoms with Crippen LogP contribution in [0.2, 0.25) is 0 Å². The minimum Gasteiger partial charge on any atom is -0.464 e. The summed E-state index contributed by atoms with van der Waals surface area (Å²) in [6.45, 7) is 2.28. The van der Waals surface area contributed by atoms with E-state index in [1.54, 1.807) is 17.0 Å². The molecule has 0 spiro atoms. The number of rotatable bonds is 4. The van der Waals surface area contributed by atoms with Gasteiger partial charge >= 0.3 is 0 Å². The van der Waals surface area contributed by atoms with Crippen LogP contribution >= 0.6 is 0 Å². The van der Waals surface area contributed by atoms with E-state index in [1.165, 1.54) is 0 Å². The largest absolute Gasteiger partial charge is 0.464 e. The van der Waals surface area contributed by atoms with Crippen molar-refractivity contribution in [1.82, 2.24) is 19.5 Å². The van der Waals surface area contributed by atoms with Gasteiger partial charge in [-0.15, -0.1) is 0 Å². The van der Waals surface area contributed by atoms with Crippen LogP contribution in [0.25, 0.3) is 28.1 Å². The van der Waals surface area contributed by atoms with Crippen molar-refractivity contribution < 1.29 is 8.83 Å². The molecule has 5 aromatic rings. The molecule has 1 aliphatic heterocycles.